The normalized spacial score (nSPS) is 11.4. The second-order valence-electron chi connectivity index (χ2n) is 3.05. The van der Waals surface area contributed by atoms with E-state index in [2.05, 4.69) is 32.3 Å². The van der Waals surface area contributed by atoms with E-state index in [0.717, 1.165) is 29.2 Å². The molecule has 1 aromatic rings. The van der Waals surface area contributed by atoms with Crippen molar-refractivity contribution >= 4 is 38.4 Å². The molecule has 0 atom stereocenters. The summed E-state index contributed by atoms with van der Waals surface area (Å²) >= 11 is 2.14. The lowest BCUT2D eigenvalue weighted by Crippen LogP contribution is -2.25. The fourth-order valence-electron chi connectivity index (χ4n) is 0.996. The lowest BCUT2D eigenvalue weighted by atomic mass is 10.5. The molecule has 0 bridgehead atoms. The van der Waals surface area contributed by atoms with Crippen LogP contribution in [0.2, 0.25) is 0 Å². The third-order valence-electron chi connectivity index (χ3n) is 1.82. The molecule has 0 radical (unpaired) electrons. The largest absolute Gasteiger partial charge is 0.363 e. The van der Waals surface area contributed by atoms with Crippen LogP contribution in [0.3, 0.4) is 0 Å². The predicted octanol–water partition coefficient (Wildman–Crippen LogP) is 1.09. The van der Waals surface area contributed by atoms with E-state index in [0.29, 0.717) is 6.54 Å². The van der Waals surface area contributed by atoms with Crippen LogP contribution >= 0.6 is 22.6 Å². The van der Waals surface area contributed by atoms with E-state index < -0.39 is 14.9 Å². The third-order valence-corrected chi connectivity index (χ3v) is 4.03. The van der Waals surface area contributed by atoms with Crippen LogP contribution in [0.5, 0.6) is 0 Å². The van der Waals surface area contributed by atoms with Crippen molar-refractivity contribution in [1.29, 1.82) is 0 Å². The maximum atomic E-state index is 11.7. The van der Waals surface area contributed by atoms with Gasteiger partial charge in [0, 0.05) is 17.0 Å². The molecule has 7 nitrogen and oxygen atoms in total. The molecular weight excluding hydrogens is 361 g/mol. The Bertz CT molecular complexity index is 488. The molecule has 0 fully saturated rings. The maximum absolute atomic E-state index is 11.7. The first kappa shape index (κ1) is 14.3. The fourth-order valence-corrected chi connectivity index (χ4v) is 2.40. The number of nitrogens with zero attached hydrogens (tertiary/aromatic N) is 2. The summed E-state index contributed by atoms with van der Waals surface area (Å²) in [7, 11) is -3.61. The summed E-state index contributed by atoms with van der Waals surface area (Å²) in [6.07, 6.45) is 1.70. The summed E-state index contributed by atoms with van der Waals surface area (Å²) in [5.41, 5.74) is 0. The fraction of sp³-hybridized carbons (Fsp3) is 0.375. The van der Waals surface area contributed by atoms with Crippen molar-refractivity contribution in [2.24, 2.45) is 0 Å². The average molecular weight is 371 g/mol. The first-order valence-corrected chi connectivity index (χ1v) is 7.64. The summed E-state index contributed by atoms with van der Waals surface area (Å²) in [4.78, 5) is 13.0. The Morgan fingerprint density at radius 1 is 1.47 bits per heavy atom. The number of hydrogen-bond acceptors (Lipinski definition) is 5. The van der Waals surface area contributed by atoms with E-state index in [1.807, 2.05) is 0 Å². The van der Waals surface area contributed by atoms with Gasteiger partial charge in [-0.2, -0.15) is 0 Å². The molecule has 17 heavy (non-hydrogen) atoms. The van der Waals surface area contributed by atoms with Crippen molar-refractivity contribution in [1.82, 2.24) is 9.71 Å². The maximum Gasteiger partial charge on any atom is 0.363 e. The predicted molar refractivity (Wildman–Crippen MR) is 69.6 cm³/mol. The van der Waals surface area contributed by atoms with Gasteiger partial charge in [-0.25, -0.2) is 13.1 Å². The second kappa shape index (κ2) is 6.21. The minimum absolute atomic E-state index is 0.0726. The molecule has 94 valence electrons. The smallest absolute Gasteiger partial charge is 0.358 e. The van der Waals surface area contributed by atoms with Gasteiger partial charge in [-0.3, -0.25) is 0 Å². The molecule has 0 saturated carbocycles. The summed E-state index contributed by atoms with van der Waals surface area (Å²) in [5, 5.41) is 10.3. The Morgan fingerprint density at radius 3 is 2.65 bits per heavy atom. The van der Waals surface area contributed by atoms with Crippen LogP contribution in [0.4, 0.5) is 5.82 Å². The highest BCUT2D eigenvalue weighted by Gasteiger charge is 2.17. The molecule has 0 aliphatic carbocycles. The van der Waals surface area contributed by atoms with Gasteiger partial charge in [0.25, 0.3) is 0 Å². The molecule has 9 heteroatoms. The van der Waals surface area contributed by atoms with Gasteiger partial charge in [-0.1, -0.05) is 22.6 Å². The molecule has 0 unspecified atom stereocenters. The molecular formula is C8H10IN3O4S. The lowest BCUT2D eigenvalue weighted by Gasteiger charge is -2.03. The van der Waals surface area contributed by atoms with Gasteiger partial charge in [0.05, 0.1) is 0 Å². The molecule has 0 amide bonds. The van der Waals surface area contributed by atoms with Gasteiger partial charge in [-0.15, -0.1) is 0 Å². The van der Waals surface area contributed by atoms with Gasteiger partial charge in [0.1, 0.15) is 4.90 Å². The zero-order chi connectivity index (χ0) is 12.9. The zero-order valence-electron chi connectivity index (χ0n) is 8.67. The highest BCUT2D eigenvalue weighted by molar-refractivity contribution is 14.1. The summed E-state index contributed by atoms with van der Waals surface area (Å²) in [6, 6.07) is 2.23. The van der Waals surface area contributed by atoms with Gasteiger partial charge in [-0.05, 0) is 22.4 Å². The van der Waals surface area contributed by atoms with E-state index in [-0.39, 0.29) is 10.7 Å². The molecule has 0 saturated heterocycles. The Morgan fingerprint density at radius 2 is 2.18 bits per heavy atom. The number of sulfonamides is 1. The van der Waals surface area contributed by atoms with Crippen molar-refractivity contribution in [3.8, 4) is 0 Å². The number of pyridine rings is 1. The SMILES string of the molecule is O=[N+]([O-])c1ccc(S(=O)(=O)NCCCI)cn1. The van der Waals surface area contributed by atoms with E-state index in [9.17, 15) is 18.5 Å². The van der Waals surface area contributed by atoms with Gasteiger partial charge < -0.3 is 10.1 Å². The molecule has 1 aromatic heterocycles. The molecule has 1 N–H and O–H groups in total. The van der Waals surface area contributed by atoms with E-state index in [1.165, 1.54) is 0 Å². The van der Waals surface area contributed by atoms with E-state index in [1.54, 1.807) is 0 Å². The Hall–Kier alpha value is -0.810. The van der Waals surface area contributed by atoms with Crippen LogP contribution < -0.4 is 4.72 Å². The number of aromatic nitrogens is 1. The van der Waals surface area contributed by atoms with Gasteiger partial charge in [0.2, 0.25) is 10.0 Å². The summed E-state index contributed by atoms with van der Waals surface area (Å²) in [6.45, 7) is 0.336. The molecule has 0 aliphatic rings. The minimum atomic E-state index is -3.61. The number of nitrogens with one attached hydrogen (secondary N) is 1. The topological polar surface area (TPSA) is 102 Å². The molecule has 0 aromatic carbocycles. The monoisotopic (exact) mass is 371 g/mol. The van der Waals surface area contributed by atoms with Crippen LogP contribution in [0.1, 0.15) is 6.42 Å². The Kier molecular flexibility index (Phi) is 5.21. The van der Waals surface area contributed by atoms with E-state index in [4.69, 9.17) is 0 Å². The number of nitro groups is 1. The first-order valence-electron chi connectivity index (χ1n) is 4.63. The molecule has 0 aliphatic heterocycles. The lowest BCUT2D eigenvalue weighted by molar-refractivity contribution is -0.389. The highest BCUT2D eigenvalue weighted by atomic mass is 127. The quantitative estimate of drug-likeness (QED) is 0.265. The number of halogens is 1. The van der Waals surface area contributed by atoms with E-state index >= 15 is 0 Å². The highest BCUT2D eigenvalue weighted by Crippen LogP contribution is 2.11. The number of alkyl halides is 1. The van der Waals surface area contributed by atoms with Gasteiger partial charge >= 0.3 is 5.82 Å². The third kappa shape index (κ3) is 4.16. The van der Waals surface area contributed by atoms with Gasteiger partial charge in [0.15, 0.2) is 6.20 Å². The number of hydrogen-bond donors (Lipinski definition) is 1. The Balaban J connectivity index is 2.81. The molecule has 1 heterocycles. The number of rotatable bonds is 6. The van der Waals surface area contributed by atoms with Crippen LogP contribution in [-0.2, 0) is 10.0 Å². The zero-order valence-corrected chi connectivity index (χ0v) is 11.6. The van der Waals surface area contributed by atoms with Crippen molar-refractivity contribution in [2.75, 3.05) is 11.0 Å². The second-order valence-corrected chi connectivity index (χ2v) is 5.90. The van der Waals surface area contributed by atoms with Crippen molar-refractivity contribution < 1.29 is 13.3 Å². The molecule has 1 rings (SSSR count). The minimum Gasteiger partial charge on any atom is -0.358 e. The first-order chi connectivity index (χ1) is 7.97. The summed E-state index contributed by atoms with van der Waals surface area (Å²) in [5.74, 6) is -0.379. The van der Waals surface area contributed by atoms with Crippen molar-refractivity contribution in [3.63, 3.8) is 0 Å². The Labute approximate surface area is 112 Å². The van der Waals surface area contributed by atoms with Crippen LogP contribution in [0.25, 0.3) is 0 Å². The van der Waals surface area contributed by atoms with Crippen molar-refractivity contribution in [3.05, 3.63) is 28.4 Å². The van der Waals surface area contributed by atoms with Crippen LogP contribution in [0, 0.1) is 10.1 Å². The summed E-state index contributed by atoms with van der Waals surface area (Å²) < 4.78 is 26.6. The van der Waals surface area contributed by atoms with Crippen molar-refractivity contribution in [2.45, 2.75) is 11.3 Å². The average Bonchev–Trinajstić information content (AvgIpc) is 2.29. The van der Waals surface area contributed by atoms with Crippen LogP contribution in [0.15, 0.2) is 23.2 Å². The standard InChI is InChI=1S/C8H10IN3O4S/c9-4-1-5-11-17(15,16)7-2-3-8(10-6-7)12(13)14/h2-3,6,11H,1,4-5H2. The van der Waals surface area contributed by atoms with Crippen LogP contribution in [-0.4, -0.2) is 29.3 Å². The molecule has 0 spiro atoms.